The van der Waals surface area contributed by atoms with E-state index < -0.39 is 0 Å². The molecule has 2 heterocycles. The minimum atomic E-state index is 0.450. The molecule has 1 aromatic heterocycles. The third-order valence-corrected chi connectivity index (χ3v) is 3.01. The molecule has 6 heteroatoms. The highest BCUT2D eigenvalue weighted by atomic mass is 35.5. The topological polar surface area (TPSA) is 49.8 Å². The molecule has 1 saturated heterocycles. The zero-order valence-electron chi connectivity index (χ0n) is 8.46. The van der Waals surface area contributed by atoms with Gasteiger partial charge in [-0.15, -0.1) is 0 Å². The number of halogens is 1. The van der Waals surface area contributed by atoms with Gasteiger partial charge >= 0.3 is 0 Å². The Kier molecular flexibility index (Phi) is 3.66. The number of nitrogens with one attached hydrogen (secondary N) is 2. The molecule has 1 aliphatic rings. The fraction of sp³-hybridized carbons (Fsp3) is 0.556. The zero-order valence-corrected chi connectivity index (χ0v) is 10.0. The predicted octanol–water partition coefficient (Wildman–Crippen LogP) is 1.63. The Morgan fingerprint density at radius 2 is 2.47 bits per heavy atom. The molecular formula is C9H13ClN4S. The number of aromatic nitrogens is 2. The molecule has 82 valence electrons. The van der Waals surface area contributed by atoms with Crippen molar-refractivity contribution in [3.05, 3.63) is 11.2 Å². The van der Waals surface area contributed by atoms with Crippen LogP contribution in [0, 0.1) is 0 Å². The highest BCUT2D eigenvalue weighted by molar-refractivity contribution is 7.98. The molecule has 0 unspecified atom stereocenters. The lowest BCUT2D eigenvalue weighted by atomic mass is 10.2. The van der Waals surface area contributed by atoms with Gasteiger partial charge in [0.2, 0.25) is 0 Å². The van der Waals surface area contributed by atoms with Gasteiger partial charge in [-0.05, 0) is 19.2 Å². The maximum atomic E-state index is 5.89. The maximum Gasteiger partial charge on any atom is 0.190 e. The first-order valence-electron chi connectivity index (χ1n) is 4.84. The Morgan fingerprint density at radius 1 is 1.60 bits per heavy atom. The van der Waals surface area contributed by atoms with Crippen LogP contribution in [0.25, 0.3) is 0 Å². The number of nitrogens with zero attached hydrogens (tertiary/aromatic N) is 2. The van der Waals surface area contributed by atoms with Gasteiger partial charge in [0, 0.05) is 18.7 Å². The molecule has 2 N–H and O–H groups in total. The molecule has 1 fully saturated rings. The lowest BCUT2D eigenvalue weighted by molar-refractivity contribution is 0.781. The van der Waals surface area contributed by atoms with Gasteiger partial charge in [-0.1, -0.05) is 23.4 Å². The summed E-state index contributed by atoms with van der Waals surface area (Å²) in [5.74, 6) is 0.813. The van der Waals surface area contributed by atoms with E-state index in [1.807, 2.05) is 6.26 Å². The summed E-state index contributed by atoms with van der Waals surface area (Å²) in [4.78, 5) is 8.43. The summed E-state index contributed by atoms with van der Waals surface area (Å²) in [5, 5.41) is 7.83. The highest BCUT2D eigenvalue weighted by Crippen LogP contribution is 2.18. The van der Waals surface area contributed by atoms with Gasteiger partial charge in [0.1, 0.15) is 11.0 Å². The van der Waals surface area contributed by atoms with Gasteiger partial charge in [0.05, 0.1) is 0 Å². The van der Waals surface area contributed by atoms with Crippen molar-refractivity contribution >= 4 is 29.2 Å². The van der Waals surface area contributed by atoms with Crippen LogP contribution in [0.4, 0.5) is 5.82 Å². The van der Waals surface area contributed by atoms with Crippen LogP contribution in [0.3, 0.4) is 0 Å². The molecule has 1 atom stereocenters. The Balaban J connectivity index is 2.09. The van der Waals surface area contributed by atoms with E-state index in [0.29, 0.717) is 16.4 Å². The Morgan fingerprint density at radius 3 is 3.13 bits per heavy atom. The minimum Gasteiger partial charge on any atom is -0.366 e. The van der Waals surface area contributed by atoms with Crippen molar-refractivity contribution in [2.45, 2.75) is 17.6 Å². The molecule has 2 rings (SSSR count). The molecule has 4 nitrogen and oxygen atoms in total. The van der Waals surface area contributed by atoms with Crippen molar-refractivity contribution in [2.75, 3.05) is 24.7 Å². The van der Waals surface area contributed by atoms with Crippen molar-refractivity contribution in [1.29, 1.82) is 0 Å². The summed E-state index contributed by atoms with van der Waals surface area (Å²) < 4.78 is 0. The Bertz CT molecular complexity index is 341. The van der Waals surface area contributed by atoms with Gasteiger partial charge in [0.15, 0.2) is 5.16 Å². The van der Waals surface area contributed by atoms with Crippen molar-refractivity contribution < 1.29 is 0 Å². The third kappa shape index (κ3) is 2.96. The number of hydrogen-bond acceptors (Lipinski definition) is 5. The monoisotopic (exact) mass is 244 g/mol. The summed E-state index contributed by atoms with van der Waals surface area (Å²) >= 11 is 7.39. The largest absolute Gasteiger partial charge is 0.366 e. The lowest BCUT2D eigenvalue weighted by Gasteiger charge is -2.12. The molecule has 0 saturated carbocycles. The van der Waals surface area contributed by atoms with Crippen LogP contribution in [0.2, 0.25) is 5.15 Å². The molecule has 15 heavy (non-hydrogen) atoms. The quantitative estimate of drug-likeness (QED) is 0.481. The van der Waals surface area contributed by atoms with Crippen LogP contribution in [-0.4, -0.2) is 35.4 Å². The van der Waals surface area contributed by atoms with E-state index in [1.54, 1.807) is 6.07 Å². The van der Waals surface area contributed by atoms with E-state index in [1.165, 1.54) is 11.8 Å². The van der Waals surface area contributed by atoms with Crippen molar-refractivity contribution in [1.82, 2.24) is 15.3 Å². The number of hydrogen-bond donors (Lipinski definition) is 2. The zero-order chi connectivity index (χ0) is 10.7. The van der Waals surface area contributed by atoms with Gasteiger partial charge in [0.25, 0.3) is 0 Å². The molecule has 1 aromatic rings. The second-order valence-electron chi connectivity index (χ2n) is 3.40. The molecule has 0 bridgehead atoms. The van der Waals surface area contributed by atoms with Crippen LogP contribution >= 0.6 is 23.4 Å². The minimum absolute atomic E-state index is 0.450. The van der Waals surface area contributed by atoms with Crippen LogP contribution in [0.1, 0.15) is 6.42 Å². The number of thioether (sulfide) groups is 1. The molecule has 0 aliphatic carbocycles. The summed E-state index contributed by atoms with van der Waals surface area (Å²) in [5.41, 5.74) is 0. The summed E-state index contributed by atoms with van der Waals surface area (Å²) in [7, 11) is 0. The SMILES string of the molecule is CSc1nc(Cl)cc(N[C@@H]2CCNC2)n1. The maximum absolute atomic E-state index is 5.89. The van der Waals surface area contributed by atoms with Crippen molar-refractivity contribution in [3.8, 4) is 0 Å². The van der Waals surface area contributed by atoms with Gasteiger partial charge < -0.3 is 10.6 Å². The fourth-order valence-electron chi connectivity index (χ4n) is 1.55. The Hall–Kier alpha value is -0.520. The van der Waals surface area contributed by atoms with E-state index >= 15 is 0 Å². The average Bonchev–Trinajstić information content (AvgIpc) is 2.69. The first kappa shape index (κ1) is 11.0. The van der Waals surface area contributed by atoms with Crippen molar-refractivity contribution in [2.24, 2.45) is 0 Å². The van der Waals surface area contributed by atoms with E-state index in [9.17, 15) is 0 Å². The standard InChI is InChI=1S/C9H13ClN4S/c1-15-9-13-7(10)4-8(14-9)12-6-2-3-11-5-6/h4,6,11H,2-3,5H2,1H3,(H,12,13,14)/t6-/m1/s1. The van der Waals surface area contributed by atoms with Crippen molar-refractivity contribution in [3.63, 3.8) is 0 Å². The first-order valence-corrected chi connectivity index (χ1v) is 6.44. The van der Waals surface area contributed by atoms with E-state index in [-0.39, 0.29) is 0 Å². The molecule has 1 aliphatic heterocycles. The average molecular weight is 245 g/mol. The summed E-state index contributed by atoms with van der Waals surface area (Å²) in [6.07, 6.45) is 3.06. The van der Waals surface area contributed by atoms with Gasteiger partial charge in [-0.2, -0.15) is 0 Å². The number of rotatable bonds is 3. The normalized spacial score (nSPS) is 20.5. The smallest absolute Gasteiger partial charge is 0.190 e. The highest BCUT2D eigenvalue weighted by Gasteiger charge is 2.14. The van der Waals surface area contributed by atoms with Gasteiger partial charge in [-0.3, -0.25) is 0 Å². The fourth-order valence-corrected chi connectivity index (χ4v) is 2.16. The molecule has 0 radical (unpaired) electrons. The Labute approximate surface area is 98.2 Å². The molecular weight excluding hydrogens is 232 g/mol. The van der Waals surface area contributed by atoms with Crippen LogP contribution < -0.4 is 10.6 Å². The summed E-state index contributed by atoms with van der Waals surface area (Å²) in [6.45, 7) is 2.04. The summed E-state index contributed by atoms with van der Waals surface area (Å²) in [6, 6.07) is 2.21. The van der Waals surface area contributed by atoms with E-state index in [4.69, 9.17) is 11.6 Å². The number of anilines is 1. The van der Waals surface area contributed by atoms with Crippen LogP contribution in [-0.2, 0) is 0 Å². The second-order valence-corrected chi connectivity index (χ2v) is 4.56. The molecule has 0 aromatic carbocycles. The second kappa shape index (κ2) is 5.01. The molecule has 0 spiro atoms. The van der Waals surface area contributed by atoms with E-state index in [2.05, 4.69) is 20.6 Å². The van der Waals surface area contributed by atoms with Gasteiger partial charge in [-0.25, -0.2) is 9.97 Å². The third-order valence-electron chi connectivity index (χ3n) is 2.27. The van der Waals surface area contributed by atoms with Crippen LogP contribution in [0.5, 0.6) is 0 Å². The first-order chi connectivity index (χ1) is 7.28. The molecule has 0 amide bonds. The predicted molar refractivity (Wildman–Crippen MR) is 63.7 cm³/mol. The van der Waals surface area contributed by atoms with Crippen LogP contribution in [0.15, 0.2) is 11.2 Å². The lowest BCUT2D eigenvalue weighted by Crippen LogP contribution is -2.22. The van der Waals surface area contributed by atoms with E-state index in [0.717, 1.165) is 25.3 Å².